The number of azo groups is 1. The van der Waals surface area contributed by atoms with Crippen LogP contribution in [0.4, 0.5) is 11.4 Å². The van der Waals surface area contributed by atoms with E-state index in [0.29, 0.717) is 54.3 Å². The van der Waals surface area contributed by atoms with E-state index >= 15 is 0 Å². The lowest BCUT2D eigenvalue weighted by Crippen LogP contribution is -2.43. The van der Waals surface area contributed by atoms with Crippen LogP contribution in [-0.4, -0.2) is 25.9 Å². The van der Waals surface area contributed by atoms with E-state index in [1.165, 1.54) is 0 Å². The molecule has 0 aliphatic carbocycles. The van der Waals surface area contributed by atoms with Crippen LogP contribution in [0.25, 0.3) is 0 Å². The van der Waals surface area contributed by atoms with Gasteiger partial charge in [-0.3, -0.25) is 0 Å². The molecule has 0 aliphatic heterocycles. The molecule has 0 amide bonds. The smallest absolute Gasteiger partial charge is 0.288 e. The van der Waals surface area contributed by atoms with Crippen molar-refractivity contribution >= 4 is 27.5 Å². The van der Waals surface area contributed by atoms with E-state index in [1.54, 1.807) is 24.3 Å². The maximum Gasteiger partial charge on any atom is 0.288 e. The van der Waals surface area contributed by atoms with Crippen LogP contribution < -0.4 is 0 Å². The van der Waals surface area contributed by atoms with Crippen LogP contribution in [-0.2, 0) is 0 Å². The fourth-order valence-corrected chi connectivity index (χ4v) is 18.3. The standard InChI is InChI=1S/C38H58N2O2Si2/c1-25(2)43(26(3)4,27(5)6)19-17-37-31(13)21-35(22-32(37)14)39(41)40(42)36-23-33(15)38(34(16)24-36)18-20-44(28(7)8,29(9)10)30(11)12/h21-30H,1-16H3/b40-39+. The normalized spacial score (nSPS) is 13.0. The summed E-state index contributed by atoms with van der Waals surface area (Å²) in [5.41, 5.74) is 17.0. The number of aryl methyl sites for hydroxylation is 4. The molecule has 0 atom stereocenters. The van der Waals surface area contributed by atoms with Crippen molar-refractivity contribution in [2.75, 3.05) is 0 Å². The third-order valence-electron chi connectivity index (χ3n) is 10.2. The molecular weight excluding hydrogens is 573 g/mol. The first-order valence-corrected chi connectivity index (χ1v) is 20.9. The summed E-state index contributed by atoms with van der Waals surface area (Å²) in [5.74, 6) is 7.09. The van der Waals surface area contributed by atoms with Gasteiger partial charge >= 0.3 is 0 Å². The summed E-state index contributed by atoms with van der Waals surface area (Å²) in [6.07, 6.45) is 0. The monoisotopic (exact) mass is 630 g/mol. The van der Waals surface area contributed by atoms with Crippen LogP contribution in [0.3, 0.4) is 0 Å². The summed E-state index contributed by atoms with van der Waals surface area (Å²) in [4.78, 5) is 0.890. The Balaban J connectivity index is 2.61. The van der Waals surface area contributed by atoms with Crippen LogP contribution in [0.2, 0.25) is 33.2 Å². The quantitative estimate of drug-likeness (QED) is 0.0958. The molecule has 0 fully saturated rings. The lowest BCUT2D eigenvalue weighted by Gasteiger charge is -2.38. The minimum Gasteiger partial charge on any atom is -0.561 e. The van der Waals surface area contributed by atoms with Crippen LogP contribution in [0.15, 0.2) is 24.3 Å². The van der Waals surface area contributed by atoms with E-state index in [2.05, 4.69) is 106 Å². The Hall–Kier alpha value is -2.81. The molecule has 0 saturated carbocycles. The van der Waals surface area contributed by atoms with Gasteiger partial charge in [-0.15, -0.1) is 11.1 Å². The van der Waals surface area contributed by atoms with Gasteiger partial charge in [-0.05, 0) is 83.2 Å². The lowest BCUT2D eigenvalue weighted by molar-refractivity contribution is -0.896. The first-order valence-electron chi connectivity index (χ1n) is 16.5. The summed E-state index contributed by atoms with van der Waals surface area (Å²) in [6.45, 7) is 35.6. The van der Waals surface area contributed by atoms with Gasteiger partial charge in [0.05, 0.1) is 9.72 Å². The molecule has 0 bridgehead atoms. The average Bonchev–Trinajstić information content (AvgIpc) is 2.89. The lowest BCUT2D eigenvalue weighted by atomic mass is 10.0. The fourth-order valence-electron chi connectivity index (χ4n) is 7.91. The number of rotatable bonds is 8. The highest BCUT2D eigenvalue weighted by molar-refractivity contribution is 6.91. The van der Waals surface area contributed by atoms with E-state index in [-0.39, 0.29) is 0 Å². The van der Waals surface area contributed by atoms with Crippen molar-refractivity contribution in [3.63, 3.8) is 0 Å². The maximum absolute atomic E-state index is 13.4. The summed E-state index contributed by atoms with van der Waals surface area (Å²) < 4.78 is 0. The molecule has 2 rings (SSSR count). The molecule has 0 heterocycles. The molecule has 0 aliphatic rings. The van der Waals surface area contributed by atoms with Crippen molar-refractivity contribution in [3.8, 4) is 22.9 Å². The molecular formula is C38H58N2O2Si2. The molecule has 2 aromatic carbocycles. The fraction of sp³-hybridized carbons (Fsp3) is 0.579. The molecule has 0 saturated heterocycles. The Bertz CT molecular complexity index is 1310. The number of nitrogens with zero attached hydrogens (tertiary/aromatic N) is 2. The number of benzene rings is 2. The topological polar surface area (TPSA) is 52.1 Å². The molecule has 0 unspecified atom stereocenters. The van der Waals surface area contributed by atoms with Crippen molar-refractivity contribution in [1.29, 1.82) is 0 Å². The second-order valence-electron chi connectivity index (χ2n) is 14.7. The Morgan fingerprint density at radius 2 is 0.659 bits per heavy atom. The first-order chi connectivity index (χ1) is 20.2. The molecule has 240 valence electrons. The van der Waals surface area contributed by atoms with Crippen LogP contribution in [0.1, 0.15) is 116 Å². The van der Waals surface area contributed by atoms with Gasteiger partial charge in [0.15, 0.2) is 0 Å². The highest BCUT2D eigenvalue weighted by Gasteiger charge is 2.42. The Labute approximate surface area is 271 Å². The van der Waals surface area contributed by atoms with E-state index in [1.807, 2.05) is 27.7 Å². The van der Waals surface area contributed by atoms with Crippen molar-refractivity contribution < 1.29 is 9.72 Å². The molecule has 0 aromatic heterocycles. The van der Waals surface area contributed by atoms with E-state index in [4.69, 9.17) is 0 Å². The molecule has 44 heavy (non-hydrogen) atoms. The Morgan fingerprint density at radius 1 is 0.455 bits per heavy atom. The second kappa shape index (κ2) is 14.5. The van der Waals surface area contributed by atoms with Gasteiger partial charge in [0.25, 0.3) is 11.4 Å². The van der Waals surface area contributed by atoms with Crippen LogP contribution >= 0.6 is 0 Å². The minimum atomic E-state index is -1.90. The minimum absolute atomic E-state index is 0.307. The maximum atomic E-state index is 13.4. The predicted octanol–water partition coefficient (Wildman–Crippen LogP) is 11.5. The molecule has 0 spiro atoms. The largest absolute Gasteiger partial charge is 0.561 e. The Kier molecular flexibility index (Phi) is 12.3. The highest BCUT2D eigenvalue weighted by Crippen LogP contribution is 2.42. The second-order valence-corrected chi connectivity index (χ2v) is 25.9. The molecule has 0 N–H and O–H groups in total. The van der Waals surface area contributed by atoms with Crippen molar-refractivity contribution in [1.82, 2.24) is 0 Å². The van der Waals surface area contributed by atoms with Gasteiger partial charge in [0.2, 0.25) is 0 Å². The zero-order valence-electron chi connectivity index (χ0n) is 30.5. The van der Waals surface area contributed by atoms with Gasteiger partial charge < -0.3 is 10.4 Å². The number of hydrogen-bond acceptors (Lipinski definition) is 2. The zero-order valence-corrected chi connectivity index (χ0v) is 32.5. The van der Waals surface area contributed by atoms with E-state index in [0.717, 1.165) is 33.4 Å². The number of hydrogen-bond donors (Lipinski definition) is 0. The van der Waals surface area contributed by atoms with Gasteiger partial charge in [-0.25, -0.2) is 0 Å². The van der Waals surface area contributed by atoms with E-state index in [9.17, 15) is 10.4 Å². The van der Waals surface area contributed by atoms with Crippen LogP contribution in [0.5, 0.6) is 0 Å². The third-order valence-corrected chi connectivity index (χ3v) is 22.8. The predicted molar refractivity (Wildman–Crippen MR) is 194 cm³/mol. The first kappa shape index (κ1) is 37.4. The molecule has 0 radical (unpaired) electrons. The summed E-state index contributed by atoms with van der Waals surface area (Å²) in [6, 6.07) is 7.13. The summed E-state index contributed by atoms with van der Waals surface area (Å²) in [7, 11) is -3.80. The third kappa shape index (κ3) is 7.19. The molecule has 2 aromatic rings. The average molecular weight is 631 g/mol. The van der Waals surface area contributed by atoms with Gasteiger partial charge in [0, 0.05) is 35.4 Å². The SMILES string of the molecule is Cc1cc(/[N+]([O-])=[N+](\[O-])c2cc(C)c(C#C[Si](C(C)C)(C(C)C)C(C)C)c(C)c2)cc(C)c1C#C[Si](C(C)C)(C(C)C)C(C)C. The van der Waals surface area contributed by atoms with Crippen molar-refractivity contribution in [2.24, 2.45) is 0 Å². The Morgan fingerprint density at radius 3 is 0.841 bits per heavy atom. The van der Waals surface area contributed by atoms with Gasteiger partial charge in [-0.1, -0.05) is 94.9 Å². The molecule has 4 nitrogen and oxygen atoms in total. The van der Waals surface area contributed by atoms with Crippen molar-refractivity contribution in [3.05, 3.63) is 68.1 Å². The van der Waals surface area contributed by atoms with E-state index < -0.39 is 16.1 Å². The zero-order chi connectivity index (χ0) is 33.9. The summed E-state index contributed by atoms with van der Waals surface area (Å²) in [5, 5.41) is 26.8. The van der Waals surface area contributed by atoms with Crippen LogP contribution in [0, 0.1) is 61.0 Å². The molecule has 6 heteroatoms. The van der Waals surface area contributed by atoms with Gasteiger partial charge in [0.1, 0.15) is 16.1 Å². The summed E-state index contributed by atoms with van der Waals surface area (Å²) >= 11 is 0. The van der Waals surface area contributed by atoms with Gasteiger partial charge in [-0.2, -0.15) is 0 Å². The van der Waals surface area contributed by atoms with Crippen molar-refractivity contribution in [2.45, 2.75) is 144 Å². The highest BCUT2D eigenvalue weighted by atomic mass is 28.3.